The van der Waals surface area contributed by atoms with Crippen LogP contribution in [0, 0.1) is 0 Å². The standard InChI is InChI=1S/C10H17N3O2S/c1-2-3-4-13(5-6-14)9(15)8-7-16-10(11)12-8/h7,14H,2-6H2,1H3,(H2,11,12). The Hall–Kier alpha value is -1.14. The number of amides is 1. The molecule has 6 heteroatoms. The van der Waals surface area contributed by atoms with Gasteiger partial charge in [-0.1, -0.05) is 13.3 Å². The molecule has 0 atom stereocenters. The van der Waals surface area contributed by atoms with Crippen LogP contribution in [-0.2, 0) is 0 Å². The van der Waals surface area contributed by atoms with Gasteiger partial charge in [-0.2, -0.15) is 0 Å². The summed E-state index contributed by atoms with van der Waals surface area (Å²) in [5, 5.41) is 10.9. The Balaban J connectivity index is 2.66. The number of carbonyl (C=O) groups excluding carboxylic acids is 1. The number of hydrogen-bond donors (Lipinski definition) is 2. The van der Waals surface area contributed by atoms with Crippen molar-refractivity contribution in [1.82, 2.24) is 9.88 Å². The molecule has 0 aromatic carbocycles. The van der Waals surface area contributed by atoms with Crippen LogP contribution in [0.15, 0.2) is 5.38 Å². The molecule has 1 amide bonds. The van der Waals surface area contributed by atoms with Crippen molar-refractivity contribution in [1.29, 1.82) is 0 Å². The normalized spacial score (nSPS) is 10.4. The minimum absolute atomic E-state index is 0.0327. The summed E-state index contributed by atoms with van der Waals surface area (Å²) >= 11 is 1.25. The molecule has 16 heavy (non-hydrogen) atoms. The summed E-state index contributed by atoms with van der Waals surface area (Å²) in [6, 6.07) is 0. The Bertz CT molecular complexity index is 341. The maximum atomic E-state index is 12.0. The number of anilines is 1. The van der Waals surface area contributed by atoms with Crippen LogP contribution in [-0.4, -0.2) is 40.6 Å². The fourth-order valence-electron chi connectivity index (χ4n) is 1.33. The Morgan fingerprint density at radius 3 is 2.88 bits per heavy atom. The molecule has 0 aliphatic rings. The van der Waals surface area contributed by atoms with Crippen LogP contribution in [0.2, 0.25) is 0 Å². The number of aromatic nitrogens is 1. The van der Waals surface area contributed by atoms with E-state index in [0.717, 1.165) is 12.8 Å². The molecule has 0 saturated heterocycles. The zero-order valence-electron chi connectivity index (χ0n) is 9.35. The van der Waals surface area contributed by atoms with E-state index in [9.17, 15) is 4.79 Å². The van der Waals surface area contributed by atoms with Crippen molar-refractivity contribution in [3.05, 3.63) is 11.1 Å². The summed E-state index contributed by atoms with van der Waals surface area (Å²) in [6.07, 6.45) is 1.93. The first-order valence-electron chi connectivity index (χ1n) is 5.30. The molecule has 0 unspecified atom stereocenters. The van der Waals surface area contributed by atoms with Gasteiger partial charge >= 0.3 is 0 Å². The van der Waals surface area contributed by atoms with Crippen molar-refractivity contribution in [2.24, 2.45) is 0 Å². The van der Waals surface area contributed by atoms with Gasteiger partial charge in [0.2, 0.25) is 0 Å². The van der Waals surface area contributed by atoms with Crippen LogP contribution >= 0.6 is 11.3 Å². The van der Waals surface area contributed by atoms with Gasteiger partial charge in [0.15, 0.2) is 5.13 Å². The predicted molar refractivity (Wildman–Crippen MR) is 64.4 cm³/mol. The van der Waals surface area contributed by atoms with E-state index < -0.39 is 0 Å². The van der Waals surface area contributed by atoms with E-state index in [1.165, 1.54) is 11.3 Å². The van der Waals surface area contributed by atoms with E-state index in [1.807, 2.05) is 0 Å². The first-order chi connectivity index (χ1) is 7.69. The highest BCUT2D eigenvalue weighted by atomic mass is 32.1. The number of nitrogens with two attached hydrogens (primary N) is 1. The van der Waals surface area contributed by atoms with Crippen LogP contribution in [0.25, 0.3) is 0 Å². The lowest BCUT2D eigenvalue weighted by atomic mass is 10.3. The van der Waals surface area contributed by atoms with Gasteiger partial charge in [-0.15, -0.1) is 11.3 Å². The van der Waals surface area contributed by atoms with Gasteiger partial charge in [0.1, 0.15) is 5.69 Å². The van der Waals surface area contributed by atoms with Crippen molar-refractivity contribution < 1.29 is 9.90 Å². The number of rotatable bonds is 6. The summed E-state index contributed by atoms with van der Waals surface area (Å²) in [5.41, 5.74) is 5.85. The summed E-state index contributed by atoms with van der Waals surface area (Å²) < 4.78 is 0. The Labute approximate surface area is 98.9 Å². The molecule has 1 aromatic rings. The lowest BCUT2D eigenvalue weighted by Gasteiger charge is -2.20. The number of unbranched alkanes of at least 4 members (excludes halogenated alkanes) is 1. The molecule has 0 saturated carbocycles. The molecule has 0 bridgehead atoms. The Morgan fingerprint density at radius 2 is 2.38 bits per heavy atom. The molecule has 1 rings (SSSR count). The minimum atomic E-state index is -0.157. The number of hydrogen-bond acceptors (Lipinski definition) is 5. The molecule has 90 valence electrons. The molecule has 0 aliphatic heterocycles. The lowest BCUT2D eigenvalue weighted by Crippen LogP contribution is -2.34. The van der Waals surface area contributed by atoms with Gasteiger partial charge in [0, 0.05) is 18.5 Å². The van der Waals surface area contributed by atoms with Crippen molar-refractivity contribution in [3.8, 4) is 0 Å². The molecular formula is C10H17N3O2S. The van der Waals surface area contributed by atoms with E-state index >= 15 is 0 Å². The number of carbonyl (C=O) groups is 1. The van der Waals surface area contributed by atoms with Gasteiger partial charge in [-0.25, -0.2) is 4.98 Å². The highest BCUT2D eigenvalue weighted by Crippen LogP contribution is 2.13. The number of thiazole rings is 1. The largest absolute Gasteiger partial charge is 0.395 e. The average molecular weight is 243 g/mol. The van der Waals surface area contributed by atoms with Gasteiger partial charge in [-0.3, -0.25) is 4.79 Å². The number of aliphatic hydroxyl groups excluding tert-OH is 1. The predicted octanol–water partition coefficient (Wildman–Crippen LogP) is 0.960. The third kappa shape index (κ3) is 3.46. The van der Waals surface area contributed by atoms with Crippen LogP contribution in [0.3, 0.4) is 0 Å². The maximum Gasteiger partial charge on any atom is 0.273 e. The lowest BCUT2D eigenvalue weighted by molar-refractivity contribution is 0.0714. The molecule has 0 aliphatic carbocycles. The maximum absolute atomic E-state index is 12.0. The Kier molecular flexibility index (Phi) is 5.21. The average Bonchev–Trinajstić information content (AvgIpc) is 2.70. The number of nitrogens with zero attached hydrogens (tertiary/aromatic N) is 2. The summed E-state index contributed by atoms with van der Waals surface area (Å²) in [4.78, 5) is 17.5. The summed E-state index contributed by atoms with van der Waals surface area (Å²) in [7, 11) is 0. The summed E-state index contributed by atoms with van der Waals surface area (Å²) in [6.45, 7) is 3.01. The molecular weight excluding hydrogens is 226 g/mol. The van der Waals surface area contributed by atoms with E-state index in [0.29, 0.717) is 23.9 Å². The fourth-order valence-corrected chi connectivity index (χ4v) is 1.87. The van der Waals surface area contributed by atoms with Crippen molar-refractivity contribution in [3.63, 3.8) is 0 Å². The van der Waals surface area contributed by atoms with Gasteiger partial charge in [0.05, 0.1) is 6.61 Å². The molecule has 1 aromatic heterocycles. The zero-order chi connectivity index (χ0) is 12.0. The summed E-state index contributed by atoms with van der Waals surface area (Å²) in [5.74, 6) is -0.157. The minimum Gasteiger partial charge on any atom is -0.395 e. The molecule has 0 radical (unpaired) electrons. The number of aliphatic hydroxyl groups is 1. The fraction of sp³-hybridized carbons (Fsp3) is 0.600. The van der Waals surface area contributed by atoms with Gasteiger partial charge < -0.3 is 15.7 Å². The van der Waals surface area contributed by atoms with E-state index in [1.54, 1.807) is 10.3 Å². The van der Waals surface area contributed by atoms with Crippen molar-refractivity contribution >= 4 is 22.4 Å². The van der Waals surface area contributed by atoms with Gasteiger partial charge in [-0.05, 0) is 6.42 Å². The van der Waals surface area contributed by atoms with Crippen LogP contribution in [0.4, 0.5) is 5.13 Å². The second-order valence-electron chi connectivity index (χ2n) is 3.44. The smallest absolute Gasteiger partial charge is 0.273 e. The SMILES string of the molecule is CCCCN(CCO)C(=O)c1csc(N)n1. The number of nitrogen functional groups attached to an aromatic ring is 1. The molecule has 1 heterocycles. The second kappa shape index (κ2) is 6.44. The first kappa shape index (κ1) is 12.9. The van der Waals surface area contributed by atoms with Crippen molar-refractivity contribution in [2.75, 3.05) is 25.4 Å². The van der Waals surface area contributed by atoms with Gasteiger partial charge in [0.25, 0.3) is 5.91 Å². The zero-order valence-corrected chi connectivity index (χ0v) is 10.2. The van der Waals surface area contributed by atoms with E-state index in [-0.39, 0.29) is 12.5 Å². The van der Waals surface area contributed by atoms with Crippen LogP contribution in [0.1, 0.15) is 30.3 Å². The first-order valence-corrected chi connectivity index (χ1v) is 6.18. The highest BCUT2D eigenvalue weighted by molar-refractivity contribution is 7.13. The molecule has 0 spiro atoms. The highest BCUT2D eigenvalue weighted by Gasteiger charge is 2.17. The topological polar surface area (TPSA) is 79.5 Å². The third-order valence-corrected chi connectivity index (χ3v) is 2.85. The third-order valence-electron chi connectivity index (χ3n) is 2.18. The molecule has 3 N–H and O–H groups in total. The quantitative estimate of drug-likeness (QED) is 0.780. The van der Waals surface area contributed by atoms with E-state index in [4.69, 9.17) is 10.8 Å². The molecule has 0 fully saturated rings. The monoisotopic (exact) mass is 243 g/mol. The van der Waals surface area contributed by atoms with E-state index in [2.05, 4.69) is 11.9 Å². The molecule has 5 nitrogen and oxygen atoms in total. The van der Waals surface area contributed by atoms with Crippen molar-refractivity contribution in [2.45, 2.75) is 19.8 Å². The van der Waals surface area contributed by atoms with Crippen LogP contribution < -0.4 is 5.73 Å². The second-order valence-corrected chi connectivity index (χ2v) is 4.33. The van der Waals surface area contributed by atoms with Crippen LogP contribution in [0.5, 0.6) is 0 Å². The Morgan fingerprint density at radius 1 is 1.62 bits per heavy atom.